The zero-order chi connectivity index (χ0) is 20.9. The fraction of sp³-hybridized carbons (Fsp3) is 0.591. The summed E-state index contributed by atoms with van der Waals surface area (Å²) in [6, 6.07) is 7.32. The largest absolute Gasteiger partial charge is 0.462 e. The monoisotopic (exact) mass is 402 g/mol. The van der Waals surface area contributed by atoms with Gasteiger partial charge in [0.15, 0.2) is 5.96 Å². The summed E-state index contributed by atoms with van der Waals surface area (Å²) in [5.41, 5.74) is 1.57. The van der Waals surface area contributed by atoms with Crippen LogP contribution in [0.25, 0.3) is 0 Å². The van der Waals surface area contributed by atoms with Gasteiger partial charge in [0.2, 0.25) is 5.91 Å². The lowest BCUT2D eigenvalue weighted by molar-refractivity contribution is -0.130. The predicted molar refractivity (Wildman–Crippen MR) is 115 cm³/mol. The van der Waals surface area contributed by atoms with Crippen LogP contribution in [0.1, 0.15) is 61.9 Å². The highest BCUT2D eigenvalue weighted by atomic mass is 16.5. The third-order valence-electron chi connectivity index (χ3n) is 4.80. The van der Waals surface area contributed by atoms with Crippen LogP contribution in [0.15, 0.2) is 29.3 Å². The Morgan fingerprint density at radius 2 is 1.93 bits per heavy atom. The van der Waals surface area contributed by atoms with E-state index in [1.807, 2.05) is 24.0 Å². The molecule has 1 amide bonds. The maximum absolute atomic E-state index is 12.0. The van der Waals surface area contributed by atoms with Gasteiger partial charge in [0, 0.05) is 32.6 Å². The molecule has 0 spiro atoms. The molecule has 1 aromatic carbocycles. The number of guanidine groups is 1. The average Bonchev–Trinajstić information content (AvgIpc) is 2.94. The van der Waals surface area contributed by atoms with Gasteiger partial charge in [-0.1, -0.05) is 18.6 Å². The minimum absolute atomic E-state index is 0.286. The van der Waals surface area contributed by atoms with Crippen molar-refractivity contribution < 1.29 is 14.3 Å². The number of rotatable bonds is 9. The molecule has 1 aliphatic rings. The van der Waals surface area contributed by atoms with E-state index in [1.165, 1.54) is 0 Å². The Labute approximate surface area is 173 Å². The first kappa shape index (κ1) is 22.7. The van der Waals surface area contributed by atoms with E-state index < -0.39 is 0 Å². The molecule has 1 heterocycles. The Morgan fingerprint density at radius 3 is 2.66 bits per heavy atom. The van der Waals surface area contributed by atoms with Gasteiger partial charge < -0.3 is 20.3 Å². The molecular weight excluding hydrogens is 368 g/mol. The number of amides is 1. The quantitative estimate of drug-likeness (QED) is 0.287. The number of aliphatic imine (C=N–C) groups is 1. The van der Waals surface area contributed by atoms with Crippen molar-refractivity contribution in [3.8, 4) is 0 Å². The van der Waals surface area contributed by atoms with Crippen molar-refractivity contribution in [2.24, 2.45) is 4.99 Å². The minimum Gasteiger partial charge on any atom is -0.462 e. The summed E-state index contributed by atoms with van der Waals surface area (Å²) in [6.45, 7) is 7.92. The summed E-state index contributed by atoms with van der Waals surface area (Å²) in [5.74, 6) is 0.735. The van der Waals surface area contributed by atoms with Gasteiger partial charge in [0.25, 0.3) is 0 Å². The van der Waals surface area contributed by atoms with Crippen LogP contribution in [-0.2, 0) is 16.1 Å². The lowest BCUT2D eigenvalue weighted by atomic mass is 10.1. The number of hydrogen-bond acceptors (Lipinski definition) is 4. The SMILES string of the molecule is CCNC(=NCc1ccc(C(=O)OCC)cc1)NCCCN1CCCCCC1=O. The van der Waals surface area contributed by atoms with E-state index in [1.54, 1.807) is 19.1 Å². The van der Waals surface area contributed by atoms with Crippen molar-refractivity contribution in [1.82, 2.24) is 15.5 Å². The lowest BCUT2D eigenvalue weighted by Gasteiger charge is -2.20. The maximum atomic E-state index is 12.0. The van der Waals surface area contributed by atoms with Crippen LogP contribution in [0.5, 0.6) is 0 Å². The summed E-state index contributed by atoms with van der Waals surface area (Å²) in [6.07, 6.45) is 4.86. The van der Waals surface area contributed by atoms with Crippen LogP contribution in [-0.4, -0.2) is 55.5 Å². The molecule has 1 aliphatic heterocycles. The van der Waals surface area contributed by atoms with E-state index >= 15 is 0 Å². The van der Waals surface area contributed by atoms with Crippen molar-refractivity contribution in [3.63, 3.8) is 0 Å². The first-order valence-corrected chi connectivity index (χ1v) is 10.7. The van der Waals surface area contributed by atoms with Gasteiger partial charge in [-0.05, 0) is 50.8 Å². The summed E-state index contributed by atoms with van der Waals surface area (Å²) in [4.78, 5) is 30.4. The highest BCUT2D eigenvalue weighted by molar-refractivity contribution is 5.89. The summed E-state index contributed by atoms with van der Waals surface area (Å²) < 4.78 is 5.00. The summed E-state index contributed by atoms with van der Waals surface area (Å²) >= 11 is 0. The van der Waals surface area contributed by atoms with E-state index in [9.17, 15) is 9.59 Å². The smallest absolute Gasteiger partial charge is 0.338 e. The van der Waals surface area contributed by atoms with E-state index in [0.29, 0.717) is 25.1 Å². The fourth-order valence-corrected chi connectivity index (χ4v) is 3.22. The van der Waals surface area contributed by atoms with Gasteiger partial charge >= 0.3 is 5.97 Å². The molecule has 1 fully saturated rings. The van der Waals surface area contributed by atoms with Crippen LogP contribution in [0, 0.1) is 0 Å². The lowest BCUT2D eigenvalue weighted by Crippen LogP contribution is -2.39. The van der Waals surface area contributed by atoms with Crippen LogP contribution < -0.4 is 10.6 Å². The molecule has 0 aromatic heterocycles. The predicted octanol–water partition coefficient (Wildman–Crippen LogP) is 2.71. The van der Waals surface area contributed by atoms with Gasteiger partial charge in [-0.25, -0.2) is 9.79 Å². The normalized spacial score (nSPS) is 15.0. The number of nitrogens with one attached hydrogen (secondary N) is 2. The molecule has 0 unspecified atom stereocenters. The Kier molecular flexibility index (Phi) is 10.0. The number of ether oxygens (including phenoxy) is 1. The van der Waals surface area contributed by atoms with Gasteiger partial charge in [-0.15, -0.1) is 0 Å². The van der Waals surface area contributed by atoms with Crippen molar-refractivity contribution in [3.05, 3.63) is 35.4 Å². The van der Waals surface area contributed by atoms with E-state index in [2.05, 4.69) is 15.6 Å². The van der Waals surface area contributed by atoms with Crippen LogP contribution in [0.4, 0.5) is 0 Å². The van der Waals surface area contributed by atoms with Gasteiger partial charge in [-0.2, -0.15) is 0 Å². The van der Waals surface area contributed by atoms with E-state index in [-0.39, 0.29) is 11.9 Å². The molecule has 2 rings (SSSR count). The molecule has 0 atom stereocenters. The topological polar surface area (TPSA) is 83.0 Å². The molecule has 160 valence electrons. The second-order valence-electron chi connectivity index (χ2n) is 7.08. The number of hydrogen-bond donors (Lipinski definition) is 2. The molecule has 1 aromatic rings. The Balaban J connectivity index is 1.79. The second kappa shape index (κ2) is 12.8. The number of esters is 1. The van der Waals surface area contributed by atoms with Crippen LogP contribution in [0.3, 0.4) is 0 Å². The fourth-order valence-electron chi connectivity index (χ4n) is 3.22. The number of carbonyl (C=O) groups is 2. The first-order valence-electron chi connectivity index (χ1n) is 10.7. The number of benzene rings is 1. The van der Waals surface area contributed by atoms with Crippen molar-refractivity contribution in [1.29, 1.82) is 0 Å². The maximum Gasteiger partial charge on any atom is 0.338 e. The van der Waals surface area contributed by atoms with Gasteiger partial charge in [0.05, 0.1) is 18.7 Å². The molecule has 7 nitrogen and oxygen atoms in total. The number of likely N-dealkylation sites (tertiary alicyclic amines) is 1. The Hall–Kier alpha value is -2.57. The minimum atomic E-state index is -0.305. The molecule has 0 saturated carbocycles. The molecule has 29 heavy (non-hydrogen) atoms. The molecule has 0 bridgehead atoms. The molecule has 7 heteroatoms. The van der Waals surface area contributed by atoms with Gasteiger partial charge in [-0.3, -0.25) is 4.79 Å². The average molecular weight is 403 g/mol. The zero-order valence-corrected chi connectivity index (χ0v) is 17.7. The number of carbonyl (C=O) groups excluding carboxylic acids is 2. The van der Waals surface area contributed by atoms with E-state index in [4.69, 9.17) is 4.74 Å². The highest BCUT2D eigenvalue weighted by Crippen LogP contribution is 2.11. The van der Waals surface area contributed by atoms with Crippen molar-refractivity contribution in [2.45, 2.75) is 52.5 Å². The third kappa shape index (κ3) is 8.13. The van der Waals surface area contributed by atoms with Crippen molar-refractivity contribution >= 4 is 17.8 Å². The van der Waals surface area contributed by atoms with Crippen molar-refractivity contribution in [2.75, 3.05) is 32.8 Å². The standard InChI is InChI=1S/C22H34N4O3/c1-3-23-22(24-14-8-16-26-15-7-5-6-9-20(26)27)25-17-18-10-12-19(13-11-18)21(28)29-4-2/h10-13H,3-9,14-17H2,1-2H3,(H2,23,24,25). The Morgan fingerprint density at radius 1 is 1.14 bits per heavy atom. The van der Waals surface area contributed by atoms with Gasteiger partial charge in [0.1, 0.15) is 0 Å². The number of nitrogens with zero attached hydrogens (tertiary/aromatic N) is 2. The molecule has 0 aliphatic carbocycles. The zero-order valence-electron chi connectivity index (χ0n) is 17.7. The van der Waals surface area contributed by atoms with Crippen LogP contribution in [0.2, 0.25) is 0 Å². The second-order valence-corrected chi connectivity index (χ2v) is 7.08. The molecule has 0 radical (unpaired) electrons. The molecular formula is C22H34N4O3. The first-order chi connectivity index (χ1) is 14.1. The van der Waals surface area contributed by atoms with Crippen LogP contribution >= 0.6 is 0 Å². The Bertz CT molecular complexity index is 673. The molecule has 2 N–H and O–H groups in total. The van der Waals surface area contributed by atoms with E-state index in [0.717, 1.165) is 63.4 Å². The molecule has 1 saturated heterocycles. The summed E-state index contributed by atoms with van der Waals surface area (Å²) in [7, 11) is 0. The summed E-state index contributed by atoms with van der Waals surface area (Å²) in [5, 5.41) is 6.57. The third-order valence-corrected chi connectivity index (χ3v) is 4.80. The highest BCUT2D eigenvalue weighted by Gasteiger charge is 2.15.